The van der Waals surface area contributed by atoms with Gasteiger partial charge in [0.1, 0.15) is 0 Å². The predicted octanol–water partition coefficient (Wildman–Crippen LogP) is 0.997. The highest BCUT2D eigenvalue weighted by Crippen LogP contribution is 2.18. The number of esters is 2. The third-order valence-corrected chi connectivity index (χ3v) is 1.55. The summed E-state index contributed by atoms with van der Waals surface area (Å²) in [7, 11) is 0. The second-order valence-electron chi connectivity index (χ2n) is 2.22. The van der Waals surface area contributed by atoms with E-state index in [1.807, 2.05) is 0 Å². The van der Waals surface area contributed by atoms with Crippen molar-refractivity contribution >= 4 is 11.9 Å². The van der Waals surface area contributed by atoms with E-state index in [-0.39, 0.29) is 0 Å². The lowest BCUT2D eigenvalue weighted by molar-refractivity contribution is 0.0444. The fraction of sp³-hybridized carbons (Fsp3) is 0. The molecule has 0 fully saturated rings. The van der Waals surface area contributed by atoms with Gasteiger partial charge in [0.15, 0.2) is 0 Å². The molecule has 0 radical (unpaired) electrons. The van der Waals surface area contributed by atoms with Crippen molar-refractivity contribution in [1.82, 2.24) is 0 Å². The molecule has 54 valence electrons. The molecule has 3 heteroatoms. The van der Waals surface area contributed by atoms with Crippen molar-refractivity contribution in [3.8, 4) is 0 Å². The van der Waals surface area contributed by atoms with Gasteiger partial charge in [0.25, 0.3) is 0 Å². The predicted molar refractivity (Wildman–Crippen MR) is 36.2 cm³/mol. The summed E-state index contributed by atoms with van der Waals surface area (Å²) in [5, 5.41) is 0. The number of rotatable bonds is 0. The molecule has 11 heavy (non-hydrogen) atoms. The summed E-state index contributed by atoms with van der Waals surface area (Å²) in [5.74, 6) is -1.10. The molecule has 0 atom stereocenters. The summed E-state index contributed by atoms with van der Waals surface area (Å²) in [6, 6.07) is 6.53. The first kappa shape index (κ1) is 6.09. The van der Waals surface area contributed by atoms with Crippen LogP contribution in [0.3, 0.4) is 0 Å². The van der Waals surface area contributed by atoms with Crippen LogP contribution in [-0.4, -0.2) is 11.9 Å². The Labute approximate surface area is 62.6 Å². The van der Waals surface area contributed by atoms with Crippen molar-refractivity contribution < 1.29 is 14.3 Å². The molecule has 1 heterocycles. The van der Waals surface area contributed by atoms with Crippen molar-refractivity contribution in [3.63, 3.8) is 0 Å². The summed E-state index contributed by atoms with van der Waals surface area (Å²) in [5.41, 5.74) is 0.718. The van der Waals surface area contributed by atoms with E-state index >= 15 is 0 Å². The molecule has 0 aromatic heterocycles. The minimum atomic E-state index is -0.550. The lowest BCUT2D eigenvalue weighted by Crippen LogP contribution is -1.96. The van der Waals surface area contributed by atoms with Crippen molar-refractivity contribution in [2.75, 3.05) is 0 Å². The van der Waals surface area contributed by atoms with Gasteiger partial charge < -0.3 is 4.74 Å². The van der Waals surface area contributed by atoms with E-state index in [0.717, 1.165) is 0 Å². The standard InChI is InChI=1S/C8H4O3/c9-7-5-3-1-2-4-6(5)8(10)11-7/h1-4H/i7+1,8+1. The molecule has 1 aromatic rings. The zero-order valence-electron chi connectivity index (χ0n) is 5.53. The smallest absolute Gasteiger partial charge is 0.346 e. The largest absolute Gasteiger partial charge is 0.386 e. The van der Waals surface area contributed by atoms with Crippen LogP contribution in [0.5, 0.6) is 0 Å². The summed E-state index contributed by atoms with van der Waals surface area (Å²) in [4.78, 5) is 21.7. The van der Waals surface area contributed by atoms with Gasteiger partial charge in [-0.05, 0) is 12.1 Å². The molecule has 1 aromatic carbocycles. The highest BCUT2D eigenvalue weighted by Gasteiger charge is 2.28. The van der Waals surface area contributed by atoms with Crippen LogP contribution in [0, 0.1) is 0 Å². The maximum Gasteiger partial charge on any atom is 0.346 e. The molecule has 0 bridgehead atoms. The first-order valence-corrected chi connectivity index (χ1v) is 3.14. The van der Waals surface area contributed by atoms with Crippen molar-refractivity contribution in [1.29, 1.82) is 0 Å². The first-order valence-electron chi connectivity index (χ1n) is 3.14. The summed E-state index contributed by atoms with van der Waals surface area (Å²) in [6.45, 7) is 0. The molecule has 3 nitrogen and oxygen atoms in total. The maximum absolute atomic E-state index is 10.8. The maximum atomic E-state index is 10.8. The van der Waals surface area contributed by atoms with Gasteiger partial charge in [-0.3, -0.25) is 0 Å². The number of hydrogen-bond donors (Lipinski definition) is 0. The Balaban J connectivity index is 2.69. The normalized spacial score (nSPS) is 14.5. The molecule has 1 aliphatic rings. The van der Waals surface area contributed by atoms with Crippen LogP contribution in [0.4, 0.5) is 0 Å². The molecule has 0 aliphatic carbocycles. The van der Waals surface area contributed by atoms with E-state index < -0.39 is 11.9 Å². The van der Waals surface area contributed by atoms with Gasteiger partial charge in [-0.15, -0.1) is 0 Å². The van der Waals surface area contributed by atoms with Gasteiger partial charge in [0, 0.05) is 0 Å². The number of cyclic esters (lactones) is 2. The van der Waals surface area contributed by atoms with Crippen LogP contribution in [0.15, 0.2) is 24.3 Å². The van der Waals surface area contributed by atoms with Crippen LogP contribution in [0.1, 0.15) is 20.7 Å². The number of fused-ring (bicyclic) bond motifs is 1. The Bertz CT molecular complexity index is 308. The van der Waals surface area contributed by atoms with Crippen LogP contribution in [0.2, 0.25) is 0 Å². The summed E-state index contributed by atoms with van der Waals surface area (Å²) in [6.07, 6.45) is 0. The van der Waals surface area contributed by atoms with Gasteiger partial charge in [0.2, 0.25) is 0 Å². The van der Waals surface area contributed by atoms with Crippen LogP contribution < -0.4 is 0 Å². The number of benzene rings is 1. The lowest BCUT2D eigenvalue weighted by atomic mass is 10.2. The van der Waals surface area contributed by atoms with Gasteiger partial charge >= 0.3 is 11.9 Å². The third-order valence-electron chi connectivity index (χ3n) is 1.55. The van der Waals surface area contributed by atoms with E-state index in [0.29, 0.717) is 11.1 Å². The SMILES string of the molecule is O=[13C]1O[13C](=O)c2ccccc21. The molecular formula is C8H4O3. The Morgan fingerprint density at radius 2 is 1.36 bits per heavy atom. The van der Waals surface area contributed by atoms with E-state index in [9.17, 15) is 9.59 Å². The lowest BCUT2D eigenvalue weighted by Gasteiger charge is -1.86. The summed E-state index contributed by atoms with van der Waals surface area (Å²) < 4.78 is 4.35. The van der Waals surface area contributed by atoms with Gasteiger partial charge in [0.05, 0.1) is 11.1 Å². The second kappa shape index (κ2) is 1.92. The van der Waals surface area contributed by atoms with E-state index in [2.05, 4.69) is 4.74 Å². The molecule has 0 amide bonds. The minimum Gasteiger partial charge on any atom is -0.386 e. The van der Waals surface area contributed by atoms with Crippen LogP contribution >= 0.6 is 0 Å². The van der Waals surface area contributed by atoms with Crippen LogP contribution in [0.25, 0.3) is 0 Å². The molecule has 0 spiro atoms. The van der Waals surface area contributed by atoms with E-state index in [1.54, 1.807) is 24.3 Å². The van der Waals surface area contributed by atoms with Crippen molar-refractivity contribution in [2.24, 2.45) is 0 Å². The first-order chi connectivity index (χ1) is 5.29. The third kappa shape index (κ3) is 0.741. The minimum absolute atomic E-state index is 0.359. The fourth-order valence-corrected chi connectivity index (χ4v) is 1.03. The average molecular weight is 150 g/mol. The number of ether oxygens (including phenoxy) is 1. The fourth-order valence-electron chi connectivity index (χ4n) is 1.03. The Morgan fingerprint density at radius 1 is 0.909 bits per heavy atom. The summed E-state index contributed by atoms with van der Waals surface area (Å²) >= 11 is 0. The zero-order valence-corrected chi connectivity index (χ0v) is 5.53. The molecule has 0 saturated carbocycles. The second-order valence-corrected chi connectivity index (χ2v) is 2.22. The van der Waals surface area contributed by atoms with E-state index in [4.69, 9.17) is 0 Å². The van der Waals surface area contributed by atoms with Gasteiger partial charge in [-0.1, -0.05) is 12.1 Å². The molecular weight excluding hydrogens is 146 g/mol. The highest BCUT2D eigenvalue weighted by atomic mass is 16.7. The molecule has 0 unspecified atom stereocenters. The Hall–Kier alpha value is -1.64. The number of carbonyl (C=O) groups excluding carboxylic acids is 2. The quantitative estimate of drug-likeness (QED) is 0.314. The molecule has 0 N–H and O–H groups in total. The molecule has 2 rings (SSSR count). The van der Waals surface area contributed by atoms with Crippen LogP contribution in [-0.2, 0) is 4.74 Å². The highest BCUT2D eigenvalue weighted by molar-refractivity contribution is 6.14. The number of carbonyl (C=O) groups is 2. The van der Waals surface area contributed by atoms with Crippen molar-refractivity contribution in [2.45, 2.75) is 0 Å². The monoisotopic (exact) mass is 150 g/mol. The van der Waals surface area contributed by atoms with Gasteiger partial charge in [-0.25, -0.2) is 9.59 Å². The molecule has 0 saturated heterocycles. The molecule has 1 aliphatic heterocycles. The Morgan fingerprint density at radius 3 is 1.82 bits per heavy atom. The zero-order chi connectivity index (χ0) is 7.84. The Kier molecular flexibility index (Phi) is 1.06. The topological polar surface area (TPSA) is 43.4 Å². The van der Waals surface area contributed by atoms with Gasteiger partial charge in [-0.2, -0.15) is 0 Å². The van der Waals surface area contributed by atoms with E-state index in [1.165, 1.54) is 0 Å². The average Bonchev–Trinajstić information content (AvgIpc) is 2.30. The van der Waals surface area contributed by atoms with Crippen molar-refractivity contribution in [3.05, 3.63) is 35.4 Å². The number of hydrogen-bond acceptors (Lipinski definition) is 3.